The van der Waals surface area contributed by atoms with Gasteiger partial charge in [0.1, 0.15) is 6.15 Å². The van der Waals surface area contributed by atoms with Crippen molar-refractivity contribution in [2.75, 3.05) is 26.4 Å². The van der Waals surface area contributed by atoms with E-state index in [1.165, 1.54) is 13.4 Å². The van der Waals surface area contributed by atoms with Gasteiger partial charge in [-0.25, -0.2) is 0 Å². The van der Waals surface area contributed by atoms with Crippen molar-refractivity contribution in [1.29, 1.82) is 0 Å². The van der Waals surface area contributed by atoms with Crippen LogP contribution in [0.15, 0.2) is 188 Å². The molecule has 0 heterocycles. The molecule has 0 atom stereocenters. The second-order valence-corrected chi connectivity index (χ2v) is 23.4. The quantitative estimate of drug-likeness (QED) is 0.0582. The maximum absolute atomic E-state index is 14.2. The first kappa shape index (κ1) is 68.7. The summed E-state index contributed by atoms with van der Waals surface area (Å²) in [5, 5.41) is 0. The Morgan fingerprint density at radius 1 is 0.270 bits per heavy atom. The van der Waals surface area contributed by atoms with E-state index in [0.29, 0.717) is 26.4 Å². The van der Waals surface area contributed by atoms with Crippen LogP contribution in [0.3, 0.4) is 0 Å². The number of rotatable bonds is 15. The molecule has 0 N–H and O–H groups in total. The molecule has 0 aromatic heterocycles. The van der Waals surface area contributed by atoms with E-state index >= 15 is 0 Å². The van der Waals surface area contributed by atoms with Crippen molar-refractivity contribution in [3.05, 3.63) is 233 Å². The fourth-order valence-corrected chi connectivity index (χ4v) is 13.9. The fourth-order valence-electron chi connectivity index (χ4n) is 9.36. The fraction of sp³-hybridized carbons (Fsp3) is 0.200. The van der Waals surface area contributed by atoms with Gasteiger partial charge >= 0.3 is 238 Å². The minimum atomic E-state index is -6.13. The van der Waals surface area contributed by atoms with Crippen LogP contribution >= 0.6 is 0 Å². The van der Waals surface area contributed by atoms with E-state index in [9.17, 15) is 105 Å². The summed E-state index contributed by atoms with van der Waals surface area (Å²) < 4.78 is 362. The van der Waals surface area contributed by atoms with Crippen LogP contribution in [-0.4, -0.2) is 46.5 Å². The van der Waals surface area contributed by atoms with E-state index in [1.54, 1.807) is 0 Å². The number of para-hydroxylation sites is 2. The van der Waals surface area contributed by atoms with Crippen LogP contribution in [-0.2, 0) is 54.1 Å². The Balaban J connectivity index is 0.000000296. The molecule has 0 aliphatic rings. The maximum atomic E-state index is 14.2. The van der Waals surface area contributed by atoms with Crippen LogP contribution in [0.4, 0.5) is 105 Å². The third-order valence-corrected chi connectivity index (χ3v) is 17.9. The summed E-state index contributed by atoms with van der Waals surface area (Å²) in [5.74, 6) is 1.80. The van der Waals surface area contributed by atoms with Crippen molar-refractivity contribution in [2.45, 2.75) is 49.4 Å². The van der Waals surface area contributed by atoms with E-state index in [4.69, 9.17) is 14.2 Å². The van der Waals surface area contributed by atoms with Crippen LogP contribution in [0.5, 0.6) is 11.5 Å². The molecule has 0 unspecified atom stereocenters. The summed E-state index contributed by atoms with van der Waals surface area (Å²) in [7, 11) is 0. The zero-order valence-corrected chi connectivity index (χ0v) is 46.2. The van der Waals surface area contributed by atoms with Crippen molar-refractivity contribution in [3.63, 3.8) is 0 Å². The summed E-state index contributed by atoms with van der Waals surface area (Å²) >= 11 is -1.46. The summed E-state index contributed by atoms with van der Waals surface area (Å²) in [6.07, 6.45) is -54.8. The van der Waals surface area contributed by atoms with Crippen molar-refractivity contribution in [2.24, 2.45) is 0 Å². The van der Waals surface area contributed by atoms with Crippen LogP contribution in [0, 0.1) is 0 Å². The second-order valence-electron chi connectivity index (χ2n) is 19.2. The SMILES string of the molecule is FC(F)(F)c1cc([B-](c2cc(C(F)(F)F)cc(C(F)(F)F)c2)(c2cc(C(F)(F)F)cc(C(F)(F)F)c2)c2cc(C(F)(F)F)cc(C(F)(F)F)c2)cc(C(F)(F)F)c1.c1ccc(OCCOCCOc2ccccc2[Se+](c2ccccc2)c2ccccc2)cc1. The Bertz CT molecular complexity index is 3190. The monoisotopic (exact) mass is 1350 g/mol. The standard InChI is InChI=1S/C32H12BF24.C28H27O3Se/c34-25(35,36)13-1-14(26(37,38)39)6-21(5-13)33(22-7-15(27(40,41)42)2-16(8-22)28(43,44)45,23-9-17(29(46,47)48)3-18(10-23)30(49,50)51)24-11-19(31(52,53)54)4-20(12-24)32(55,56)57;1-4-12-24(13-5-1)30-22-20-29-21-23-31-27-18-10-11-19-28(27)32(25-14-6-2-7-15-25)26-16-8-3-9-17-26/h1-12H;1-19H,20-23H2/q-1;+1. The number of alkyl halides is 24. The molecule has 8 aromatic rings. The van der Waals surface area contributed by atoms with Gasteiger partial charge in [0, 0.05) is 0 Å². The van der Waals surface area contributed by atoms with Gasteiger partial charge in [-0.05, 0) is 24.3 Å². The molecule has 0 saturated heterocycles. The van der Waals surface area contributed by atoms with Gasteiger partial charge in [-0.1, -0.05) is 54.6 Å². The van der Waals surface area contributed by atoms with Gasteiger partial charge in [0.25, 0.3) is 0 Å². The molecule has 0 aliphatic heterocycles. The predicted molar refractivity (Wildman–Crippen MR) is 282 cm³/mol. The van der Waals surface area contributed by atoms with Crippen LogP contribution < -0.4 is 44.7 Å². The zero-order chi connectivity index (χ0) is 65.8. The molecule has 29 heteroatoms. The van der Waals surface area contributed by atoms with Gasteiger partial charge in [-0.2, -0.15) is 127 Å². The Labute approximate surface area is 493 Å². The van der Waals surface area contributed by atoms with E-state index in [0.717, 1.165) is 11.5 Å². The normalized spacial score (nSPS) is 13.0. The first-order valence-electron chi connectivity index (χ1n) is 25.4. The number of hydrogen-bond acceptors (Lipinski definition) is 3. The summed E-state index contributed by atoms with van der Waals surface area (Å²) in [6, 6.07) is 30.9. The third-order valence-electron chi connectivity index (χ3n) is 13.2. The van der Waals surface area contributed by atoms with E-state index in [1.807, 2.05) is 36.4 Å². The number of benzene rings is 8. The molecule has 0 amide bonds. The van der Waals surface area contributed by atoms with Gasteiger partial charge in [0.2, 0.25) is 0 Å². The van der Waals surface area contributed by atoms with E-state index in [-0.39, 0.29) is 0 Å². The molecule has 474 valence electrons. The van der Waals surface area contributed by atoms with Crippen molar-refractivity contribution >= 4 is 55.3 Å². The third kappa shape index (κ3) is 17.1. The van der Waals surface area contributed by atoms with Crippen molar-refractivity contribution < 1.29 is 120 Å². The van der Waals surface area contributed by atoms with Crippen LogP contribution in [0.2, 0.25) is 0 Å². The number of ether oxygens (including phenoxy) is 3. The van der Waals surface area contributed by atoms with Gasteiger partial charge in [-0.3, -0.25) is 0 Å². The minimum absolute atomic E-state index is 0.505. The van der Waals surface area contributed by atoms with Crippen molar-refractivity contribution in [3.8, 4) is 11.5 Å². The summed E-state index contributed by atoms with van der Waals surface area (Å²) in [6.45, 7) is 2.08. The molecule has 0 saturated carbocycles. The van der Waals surface area contributed by atoms with E-state index in [2.05, 4.69) is 78.9 Å². The van der Waals surface area contributed by atoms with Crippen LogP contribution in [0.1, 0.15) is 44.5 Å². The number of hydrogen-bond donors (Lipinski definition) is 0. The average molecular weight is 1350 g/mol. The first-order chi connectivity index (χ1) is 41.2. The molecule has 89 heavy (non-hydrogen) atoms. The molecular formula is C60H39BF24O3Se. The Hall–Kier alpha value is -7.78. The topological polar surface area (TPSA) is 27.7 Å². The van der Waals surface area contributed by atoms with E-state index < -0.39 is 209 Å². The predicted octanol–water partition coefficient (Wildman–Crippen LogP) is 14.9. The van der Waals surface area contributed by atoms with Gasteiger partial charge in [-0.15, -0.1) is 0 Å². The molecule has 0 bridgehead atoms. The molecule has 8 aromatic carbocycles. The molecule has 0 radical (unpaired) electrons. The molecule has 0 fully saturated rings. The summed E-state index contributed by atoms with van der Waals surface area (Å²) in [4.78, 5) is 0. The molecular weight excluding hydrogens is 1310 g/mol. The van der Waals surface area contributed by atoms with Gasteiger partial charge in [0.15, 0.2) is 0 Å². The Kier molecular flexibility index (Phi) is 20.3. The number of halogens is 24. The molecule has 3 nitrogen and oxygen atoms in total. The van der Waals surface area contributed by atoms with Gasteiger partial charge in [0.05, 0.1) is 44.5 Å². The second kappa shape index (κ2) is 26.4. The van der Waals surface area contributed by atoms with Crippen molar-refractivity contribution in [1.82, 2.24) is 0 Å². The molecule has 0 spiro atoms. The molecule has 0 aliphatic carbocycles. The first-order valence-corrected chi connectivity index (χ1v) is 27.9. The Morgan fingerprint density at radius 2 is 0.517 bits per heavy atom. The zero-order valence-electron chi connectivity index (χ0n) is 44.5. The summed E-state index contributed by atoms with van der Waals surface area (Å²) in [5.41, 5.74) is -30.2. The van der Waals surface area contributed by atoms with Gasteiger partial charge < -0.3 is 0 Å². The Morgan fingerprint density at radius 3 is 0.798 bits per heavy atom. The van der Waals surface area contributed by atoms with Crippen LogP contribution in [0.25, 0.3) is 0 Å². The molecule has 8 rings (SSSR count). The average Bonchev–Trinajstić information content (AvgIpc) is 0.715.